The Kier molecular flexibility index (Phi) is 4.66. The van der Waals surface area contributed by atoms with Crippen LogP contribution in [0.15, 0.2) is 15.9 Å². The number of halogens is 1. The van der Waals surface area contributed by atoms with E-state index < -0.39 is 5.60 Å². The van der Waals surface area contributed by atoms with Crippen molar-refractivity contribution in [3.63, 3.8) is 0 Å². The SMILES string of the molecule is CCN(Cc1ccc(Br)s1)C(=O)CN1CC(C)(O)C1. The van der Waals surface area contributed by atoms with Gasteiger partial charge in [0.1, 0.15) is 0 Å². The highest BCUT2D eigenvalue weighted by atomic mass is 79.9. The normalized spacial score (nSPS) is 18.1. The number of likely N-dealkylation sites (N-methyl/N-ethyl adjacent to an activating group) is 1. The zero-order valence-corrected chi connectivity index (χ0v) is 13.6. The molecule has 1 aromatic rings. The van der Waals surface area contributed by atoms with Gasteiger partial charge >= 0.3 is 0 Å². The summed E-state index contributed by atoms with van der Waals surface area (Å²) in [6, 6.07) is 4.05. The first-order valence-corrected chi connectivity index (χ1v) is 7.97. The molecule has 1 aliphatic heterocycles. The second kappa shape index (κ2) is 5.91. The first kappa shape index (κ1) is 15.0. The van der Waals surface area contributed by atoms with E-state index in [1.807, 2.05) is 28.9 Å². The fourth-order valence-corrected chi connectivity index (χ4v) is 3.82. The molecule has 6 heteroatoms. The summed E-state index contributed by atoms with van der Waals surface area (Å²) < 4.78 is 1.09. The van der Waals surface area contributed by atoms with E-state index in [0.29, 0.717) is 32.7 Å². The summed E-state index contributed by atoms with van der Waals surface area (Å²) in [4.78, 5) is 17.2. The molecule has 1 saturated heterocycles. The van der Waals surface area contributed by atoms with Crippen molar-refractivity contribution in [1.82, 2.24) is 9.80 Å². The van der Waals surface area contributed by atoms with Crippen LogP contribution in [0, 0.1) is 0 Å². The number of carbonyl (C=O) groups excluding carboxylic acids is 1. The van der Waals surface area contributed by atoms with Crippen LogP contribution in [0.2, 0.25) is 0 Å². The fraction of sp³-hybridized carbons (Fsp3) is 0.615. The first-order chi connectivity index (χ1) is 8.89. The Morgan fingerprint density at radius 2 is 2.26 bits per heavy atom. The molecule has 19 heavy (non-hydrogen) atoms. The number of β-amino-alcohol motifs (C(OH)–C–C–N with tert-alkyl or cyclic N) is 1. The van der Waals surface area contributed by atoms with Crippen molar-refractivity contribution in [3.05, 3.63) is 20.8 Å². The second-order valence-electron chi connectivity index (χ2n) is 5.26. The predicted octanol–water partition coefficient (Wildman–Crippen LogP) is 1.93. The van der Waals surface area contributed by atoms with Gasteiger partial charge in [0.15, 0.2) is 0 Å². The largest absolute Gasteiger partial charge is 0.388 e. The van der Waals surface area contributed by atoms with Crippen LogP contribution in [0.1, 0.15) is 18.7 Å². The summed E-state index contributed by atoms with van der Waals surface area (Å²) >= 11 is 5.09. The highest BCUT2D eigenvalue weighted by molar-refractivity contribution is 9.11. The Bertz CT molecular complexity index is 453. The van der Waals surface area contributed by atoms with Crippen molar-refractivity contribution < 1.29 is 9.90 Å². The summed E-state index contributed by atoms with van der Waals surface area (Å²) in [5.74, 6) is 0.127. The Hall–Kier alpha value is -0.430. The molecule has 1 aromatic heterocycles. The maximum atomic E-state index is 12.2. The van der Waals surface area contributed by atoms with Gasteiger partial charge in [0.05, 0.1) is 22.5 Å². The number of aliphatic hydroxyl groups is 1. The van der Waals surface area contributed by atoms with Gasteiger partial charge in [-0.15, -0.1) is 11.3 Å². The number of nitrogens with zero attached hydrogens (tertiary/aromatic N) is 2. The smallest absolute Gasteiger partial charge is 0.237 e. The maximum Gasteiger partial charge on any atom is 0.237 e. The molecule has 0 aliphatic carbocycles. The summed E-state index contributed by atoms with van der Waals surface area (Å²) in [7, 11) is 0. The summed E-state index contributed by atoms with van der Waals surface area (Å²) in [5.41, 5.74) is -0.615. The van der Waals surface area contributed by atoms with Crippen LogP contribution >= 0.6 is 27.3 Å². The standard InChI is InChI=1S/C13H19BrN2O2S/c1-3-16(6-10-4-5-11(14)19-10)12(17)7-15-8-13(2,18)9-15/h4-5,18H,3,6-9H2,1-2H3. The zero-order valence-electron chi connectivity index (χ0n) is 11.2. The van der Waals surface area contributed by atoms with Crippen LogP contribution in [0.4, 0.5) is 0 Å². The van der Waals surface area contributed by atoms with Gasteiger partial charge in [-0.1, -0.05) is 0 Å². The number of carbonyl (C=O) groups is 1. The number of hydrogen-bond donors (Lipinski definition) is 1. The van der Waals surface area contributed by atoms with E-state index in [1.165, 1.54) is 4.88 Å². The quantitative estimate of drug-likeness (QED) is 0.885. The van der Waals surface area contributed by atoms with Gasteiger partial charge in [-0.05, 0) is 41.9 Å². The number of thiophene rings is 1. The molecule has 0 aromatic carbocycles. The summed E-state index contributed by atoms with van der Waals surface area (Å²) in [6.07, 6.45) is 0. The van der Waals surface area contributed by atoms with E-state index in [4.69, 9.17) is 0 Å². The average molecular weight is 347 g/mol. The average Bonchev–Trinajstić information content (AvgIpc) is 2.69. The predicted molar refractivity (Wildman–Crippen MR) is 80.2 cm³/mol. The lowest BCUT2D eigenvalue weighted by Crippen LogP contribution is -2.61. The molecule has 0 radical (unpaired) electrons. The molecular formula is C13H19BrN2O2S. The van der Waals surface area contributed by atoms with Crippen LogP contribution < -0.4 is 0 Å². The minimum absolute atomic E-state index is 0.127. The molecule has 1 N–H and O–H groups in total. The fourth-order valence-electron chi connectivity index (χ4n) is 2.32. The van der Waals surface area contributed by atoms with Crippen molar-refractivity contribution in [2.24, 2.45) is 0 Å². The third-order valence-electron chi connectivity index (χ3n) is 3.20. The van der Waals surface area contributed by atoms with Crippen LogP contribution in [0.5, 0.6) is 0 Å². The number of hydrogen-bond acceptors (Lipinski definition) is 4. The number of rotatable bonds is 5. The third kappa shape index (κ3) is 4.02. The molecular weight excluding hydrogens is 328 g/mol. The topological polar surface area (TPSA) is 43.8 Å². The lowest BCUT2D eigenvalue weighted by atomic mass is 9.97. The molecule has 4 nitrogen and oxygen atoms in total. The van der Waals surface area contributed by atoms with Crippen molar-refractivity contribution >= 4 is 33.2 Å². The molecule has 1 aliphatic rings. The second-order valence-corrected chi connectivity index (χ2v) is 7.80. The van der Waals surface area contributed by atoms with Crippen LogP contribution in [-0.2, 0) is 11.3 Å². The van der Waals surface area contributed by atoms with Crippen molar-refractivity contribution in [2.45, 2.75) is 26.0 Å². The molecule has 0 spiro atoms. The minimum atomic E-state index is -0.615. The summed E-state index contributed by atoms with van der Waals surface area (Å²) in [5, 5.41) is 9.66. The lowest BCUT2D eigenvalue weighted by Gasteiger charge is -2.44. The van der Waals surface area contributed by atoms with Gasteiger partial charge in [-0.3, -0.25) is 9.69 Å². The van der Waals surface area contributed by atoms with Gasteiger partial charge in [-0.25, -0.2) is 0 Å². The molecule has 0 saturated carbocycles. The van der Waals surface area contributed by atoms with E-state index in [2.05, 4.69) is 15.9 Å². The zero-order chi connectivity index (χ0) is 14.0. The van der Waals surface area contributed by atoms with Gasteiger partial charge in [0, 0.05) is 24.5 Å². The monoisotopic (exact) mass is 346 g/mol. The maximum absolute atomic E-state index is 12.2. The Labute approximate surface area is 126 Å². The number of likely N-dealkylation sites (tertiary alicyclic amines) is 1. The van der Waals surface area contributed by atoms with Gasteiger partial charge in [0.2, 0.25) is 5.91 Å². The first-order valence-electron chi connectivity index (χ1n) is 6.36. The number of amides is 1. The summed E-state index contributed by atoms with van der Waals surface area (Å²) in [6.45, 7) is 6.73. The van der Waals surface area contributed by atoms with Crippen molar-refractivity contribution in [3.8, 4) is 0 Å². The third-order valence-corrected chi connectivity index (χ3v) is 4.81. The van der Waals surface area contributed by atoms with Gasteiger partial charge in [-0.2, -0.15) is 0 Å². The highest BCUT2D eigenvalue weighted by Gasteiger charge is 2.37. The molecule has 1 fully saturated rings. The van der Waals surface area contributed by atoms with Crippen LogP contribution in [-0.4, -0.2) is 52.6 Å². The van der Waals surface area contributed by atoms with E-state index in [9.17, 15) is 9.90 Å². The Balaban J connectivity index is 1.85. The Morgan fingerprint density at radius 1 is 1.58 bits per heavy atom. The van der Waals surface area contributed by atoms with Crippen LogP contribution in [0.25, 0.3) is 0 Å². The van der Waals surface area contributed by atoms with E-state index in [-0.39, 0.29) is 5.91 Å². The molecule has 106 valence electrons. The van der Waals surface area contributed by atoms with E-state index in [0.717, 1.165) is 3.79 Å². The molecule has 0 atom stereocenters. The molecule has 0 bridgehead atoms. The van der Waals surface area contributed by atoms with Crippen molar-refractivity contribution in [1.29, 1.82) is 0 Å². The van der Waals surface area contributed by atoms with E-state index >= 15 is 0 Å². The molecule has 2 heterocycles. The van der Waals surface area contributed by atoms with Gasteiger partial charge < -0.3 is 10.0 Å². The van der Waals surface area contributed by atoms with Crippen LogP contribution in [0.3, 0.4) is 0 Å². The van der Waals surface area contributed by atoms with Gasteiger partial charge in [0.25, 0.3) is 0 Å². The lowest BCUT2D eigenvalue weighted by molar-refractivity contribution is -0.140. The Morgan fingerprint density at radius 3 is 2.74 bits per heavy atom. The minimum Gasteiger partial charge on any atom is -0.388 e. The van der Waals surface area contributed by atoms with E-state index in [1.54, 1.807) is 18.3 Å². The highest BCUT2D eigenvalue weighted by Crippen LogP contribution is 2.24. The molecule has 2 rings (SSSR count). The molecule has 0 unspecified atom stereocenters. The molecule has 1 amide bonds. The van der Waals surface area contributed by atoms with Crippen molar-refractivity contribution in [2.75, 3.05) is 26.2 Å².